The Morgan fingerprint density at radius 1 is 0.967 bits per heavy atom. The minimum Gasteiger partial charge on any atom is -0.493 e. The van der Waals surface area contributed by atoms with Crippen molar-refractivity contribution in [1.82, 2.24) is 10.6 Å². The number of ether oxygens (including phenoxy) is 2. The van der Waals surface area contributed by atoms with E-state index in [9.17, 15) is 17.6 Å². The second-order valence-electron chi connectivity index (χ2n) is 6.53. The van der Waals surface area contributed by atoms with Crippen molar-refractivity contribution in [2.24, 2.45) is 4.99 Å². The maximum atomic E-state index is 13.8. The van der Waals surface area contributed by atoms with Crippen LogP contribution in [0.3, 0.4) is 0 Å². The van der Waals surface area contributed by atoms with E-state index in [4.69, 9.17) is 9.47 Å². The van der Waals surface area contributed by atoms with Crippen LogP contribution >= 0.6 is 0 Å². The lowest BCUT2D eigenvalue weighted by molar-refractivity contribution is 0.171. The number of rotatable bonds is 9. The Kier molecular flexibility index (Phi) is 8.91. The summed E-state index contributed by atoms with van der Waals surface area (Å²) in [5.74, 6) is -4.90. The highest BCUT2D eigenvalue weighted by Gasteiger charge is 2.19. The van der Waals surface area contributed by atoms with Gasteiger partial charge in [-0.3, -0.25) is 4.99 Å². The van der Waals surface area contributed by atoms with Gasteiger partial charge in [0.1, 0.15) is 5.75 Å². The Balaban J connectivity index is 2.01. The molecule has 0 unspecified atom stereocenters. The van der Waals surface area contributed by atoms with E-state index in [2.05, 4.69) is 15.6 Å². The van der Waals surface area contributed by atoms with Crippen molar-refractivity contribution in [2.45, 2.75) is 26.4 Å². The minimum absolute atomic E-state index is 0.173. The first-order chi connectivity index (χ1) is 14.4. The molecule has 0 radical (unpaired) electrons. The van der Waals surface area contributed by atoms with Gasteiger partial charge in [0, 0.05) is 57.5 Å². The van der Waals surface area contributed by atoms with Crippen LogP contribution in [0.1, 0.15) is 23.1 Å². The van der Waals surface area contributed by atoms with Crippen LogP contribution in [0.4, 0.5) is 17.6 Å². The number of aliphatic imine (C=N–C) groups is 1. The zero-order valence-corrected chi connectivity index (χ0v) is 17.1. The number of aryl methyl sites for hydroxylation is 1. The lowest BCUT2D eigenvalue weighted by Gasteiger charge is -2.16. The molecular formula is C21H25F4N3O2. The summed E-state index contributed by atoms with van der Waals surface area (Å²) in [6.45, 7) is 2.84. The highest BCUT2D eigenvalue weighted by Crippen LogP contribution is 2.21. The van der Waals surface area contributed by atoms with E-state index >= 15 is 0 Å². The largest absolute Gasteiger partial charge is 0.493 e. The topological polar surface area (TPSA) is 54.9 Å². The molecule has 0 aliphatic carbocycles. The molecule has 0 saturated heterocycles. The second kappa shape index (κ2) is 11.4. The molecule has 9 heteroatoms. The first-order valence-electron chi connectivity index (χ1n) is 9.35. The molecule has 164 valence electrons. The van der Waals surface area contributed by atoms with Crippen LogP contribution in [0.5, 0.6) is 5.75 Å². The van der Waals surface area contributed by atoms with E-state index in [0.29, 0.717) is 25.5 Å². The van der Waals surface area contributed by atoms with Gasteiger partial charge >= 0.3 is 0 Å². The third kappa shape index (κ3) is 6.35. The zero-order valence-electron chi connectivity index (χ0n) is 17.1. The fraction of sp³-hybridized carbons (Fsp3) is 0.381. The fourth-order valence-corrected chi connectivity index (χ4v) is 2.68. The van der Waals surface area contributed by atoms with Crippen LogP contribution in [-0.4, -0.2) is 33.3 Å². The van der Waals surface area contributed by atoms with Crippen LogP contribution in [0.15, 0.2) is 29.3 Å². The van der Waals surface area contributed by atoms with E-state index in [0.717, 1.165) is 17.5 Å². The highest BCUT2D eigenvalue weighted by molar-refractivity contribution is 5.79. The lowest BCUT2D eigenvalue weighted by atomic mass is 10.1. The van der Waals surface area contributed by atoms with Crippen LogP contribution in [0.2, 0.25) is 0 Å². The van der Waals surface area contributed by atoms with Crippen molar-refractivity contribution < 1.29 is 27.0 Å². The van der Waals surface area contributed by atoms with E-state index in [1.165, 1.54) is 7.05 Å². The molecule has 0 bridgehead atoms. The van der Waals surface area contributed by atoms with Gasteiger partial charge < -0.3 is 20.1 Å². The second-order valence-corrected chi connectivity index (χ2v) is 6.53. The van der Waals surface area contributed by atoms with Gasteiger partial charge in [0.2, 0.25) is 0 Å². The predicted molar refractivity (Wildman–Crippen MR) is 106 cm³/mol. The third-order valence-electron chi connectivity index (χ3n) is 4.28. The van der Waals surface area contributed by atoms with Crippen molar-refractivity contribution in [3.8, 4) is 5.75 Å². The first kappa shape index (κ1) is 23.5. The fourth-order valence-electron chi connectivity index (χ4n) is 2.68. The van der Waals surface area contributed by atoms with E-state index < -0.39 is 35.4 Å². The molecule has 0 spiro atoms. The lowest BCUT2D eigenvalue weighted by Crippen LogP contribution is -2.37. The van der Waals surface area contributed by atoms with E-state index in [1.807, 2.05) is 25.1 Å². The summed E-state index contributed by atoms with van der Waals surface area (Å²) in [5.41, 5.74) is 1.13. The van der Waals surface area contributed by atoms with Gasteiger partial charge in [0.05, 0.1) is 6.61 Å². The molecule has 0 aliphatic rings. The molecular weight excluding hydrogens is 402 g/mol. The Morgan fingerprint density at radius 3 is 2.27 bits per heavy atom. The number of hydrogen-bond donors (Lipinski definition) is 2. The molecule has 0 aromatic heterocycles. The highest BCUT2D eigenvalue weighted by atomic mass is 19.2. The average Bonchev–Trinajstić information content (AvgIpc) is 2.73. The van der Waals surface area contributed by atoms with Gasteiger partial charge in [-0.05, 0) is 18.6 Å². The number of guanidine groups is 1. The summed E-state index contributed by atoms with van der Waals surface area (Å²) in [6.07, 6.45) is 0.738. The Hall–Kier alpha value is -2.81. The molecule has 0 amide bonds. The zero-order chi connectivity index (χ0) is 22.1. The molecule has 2 aromatic rings. The van der Waals surface area contributed by atoms with E-state index in [-0.39, 0.29) is 12.0 Å². The van der Waals surface area contributed by atoms with Crippen molar-refractivity contribution in [3.63, 3.8) is 0 Å². The van der Waals surface area contributed by atoms with Gasteiger partial charge in [0.25, 0.3) is 0 Å². The summed E-state index contributed by atoms with van der Waals surface area (Å²) < 4.78 is 65.1. The Morgan fingerprint density at radius 2 is 1.63 bits per heavy atom. The number of hydrogen-bond acceptors (Lipinski definition) is 3. The summed E-state index contributed by atoms with van der Waals surface area (Å²) in [5, 5.41) is 5.64. The van der Waals surface area contributed by atoms with Crippen molar-refractivity contribution in [2.75, 3.05) is 27.4 Å². The molecule has 0 atom stereocenters. The summed E-state index contributed by atoms with van der Waals surface area (Å²) in [6, 6.07) is 5.89. The standard InChI is InChI=1S/C21H25F4N3O2/c1-13-5-6-14(18(9-13)30-8-4-7-29-3)11-27-21(26-2)28-12-15-19(24)16(22)10-17(23)20(15)25/h5-6,9-10H,4,7-8,11-12H2,1-3H3,(H2,26,27,28). The van der Waals surface area contributed by atoms with Gasteiger partial charge in [-0.25, -0.2) is 17.6 Å². The Labute approximate surface area is 173 Å². The normalized spacial score (nSPS) is 11.5. The quantitative estimate of drug-likeness (QED) is 0.210. The molecule has 5 nitrogen and oxygen atoms in total. The number of halogens is 4. The minimum atomic E-state index is -1.46. The van der Waals surface area contributed by atoms with Crippen molar-refractivity contribution >= 4 is 5.96 Å². The van der Waals surface area contributed by atoms with Gasteiger partial charge in [-0.1, -0.05) is 12.1 Å². The molecule has 30 heavy (non-hydrogen) atoms. The van der Waals surface area contributed by atoms with Gasteiger partial charge in [-0.2, -0.15) is 0 Å². The number of nitrogens with one attached hydrogen (secondary N) is 2. The summed E-state index contributed by atoms with van der Waals surface area (Å²) >= 11 is 0. The predicted octanol–water partition coefficient (Wildman–Crippen LogP) is 3.83. The molecule has 0 aliphatic heterocycles. The first-order valence-corrected chi connectivity index (χ1v) is 9.35. The molecule has 0 heterocycles. The monoisotopic (exact) mass is 427 g/mol. The number of methoxy groups -OCH3 is 1. The molecule has 0 fully saturated rings. The molecule has 2 N–H and O–H groups in total. The number of nitrogens with zero attached hydrogens (tertiary/aromatic N) is 1. The smallest absolute Gasteiger partial charge is 0.191 e. The van der Waals surface area contributed by atoms with Gasteiger partial charge in [-0.15, -0.1) is 0 Å². The molecule has 2 aromatic carbocycles. The van der Waals surface area contributed by atoms with Crippen molar-refractivity contribution in [3.05, 3.63) is 64.2 Å². The summed E-state index contributed by atoms with van der Waals surface area (Å²) in [4.78, 5) is 3.96. The maximum Gasteiger partial charge on any atom is 0.191 e. The van der Waals surface area contributed by atoms with Crippen LogP contribution in [0, 0.1) is 30.2 Å². The summed E-state index contributed by atoms with van der Waals surface area (Å²) in [7, 11) is 3.09. The van der Waals surface area contributed by atoms with E-state index in [1.54, 1.807) is 7.11 Å². The molecule has 2 rings (SSSR count). The SMILES string of the molecule is CN=C(NCc1ccc(C)cc1OCCCOC)NCc1c(F)c(F)cc(F)c1F. The van der Waals surface area contributed by atoms with Crippen LogP contribution in [0.25, 0.3) is 0 Å². The average molecular weight is 427 g/mol. The van der Waals surface area contributed by atoms with Gasteiger partial charge in [0.15, 0.2) is 29.2 Å². The van der Waals surface area contributed by atoms with Crippen LogP contribution in [-0.2, 0) is 17.8 Å². The van der Waals surface area contributed by atoms with Crippen molar-refractivity contribution in [1.29, 1.82) is 0 Å². The Bertz CT molecular complexity index is 865. The van der Waals surface area contributed by atoms with Crippen LogP contribution < -0.4 is 15.4 Å². The third-order valence-corrected chi connectivity index (χ3v) is 4.28. The number of benzene rings is 2. The molecule has 0 saturated carbocycles. The maximum absolute atomic E-state index is 13.8.